The Balaban J connectivity index is 0.00000141. The number of unbranched alkanes of at least 4 members (excludes halogenated alkanes) is 14. The van der Waals surface area contributed by atoms with Crippen LogP contribution in [0.2, 0.25) is 0 Å². The molecule has 1 aliphatic rings. The van der Waals surface area contributed by atoms with E-state index in [1.165, 1.54) is 109 Å². The molecule has 0 bridgehead atoms. The number of rotatable bonds is 16. The molecule has 0 amide bonds. The third-order valence-corrected chi connectivity index (χ3v) is 4.87. The van der Waals surface area contributed by atoms with Crippen molar-refractivity contribution in [2.45, 2.75) is 110 Å². The molecule has 1 heterocycles. The SMILES string of the molecule is CC(=O)[O-].CCCCCCCCCCCCCCCCC[N+]1=CNCC1. The van der Waals surface area contributed by atoms with Gasteiger partial charge >= 0.3 is 0 Å². The van der Waals surface area contributed by atoms with Gasteiger partial charge in [-0.15, -0.1) is 0 Å². The third kappa shape index (κ3) is 21.0. The number of aliphatic carboxylic acids is 1. The zero-order chi connectivity index (χ0) is 19.3. The highest BCUT2D eigenvalue weighted by Crippen LogP contribution is 2.13. The fourth-order valence-electron chi connectivity index (χ4n) is 3.33. The van der Waals surface area contributed by atoms with Crippen LogP contribution in [-0.4, -0.2) is 36.5 Å². The molecule has 4 nitrogen and oxygen atoms in total. The van der Waals surface area contributed by atoms with Gasteiger partial charge in [0.2, 0.25) is 6.34 Å². The maximum Gasteiger partial charge on any atom is 0.232 e. The molecule has 1 rings (SSSR count). The van der Waals surface area contributed by atoms with Gasteiger partial charge in [0.15, 0.2) is 0 Å². The highest BCUT2D eigenvalue weighted by atomic mass is 16.4. The van der Waals surface area contributed by atoms with Gasteiger partial charge in [0.05, 0.1) is 6.54 Å². The van der Waals surface area contributed by atoms with Crippen LogP contribution in [0, 0.1) is 0 Å². The number of carbonyl (C=O) groups is 1. The van der Waals surface area contributed by atoms with Crippen LogP contribution in [0.5, 0.6) is 0 Å². The minimum absolute atomic E-state index is 0.972. The van der Waals surface area contributed by atoms with E-state index in [2.05, 4.69) is 23.2 Å². The second-order valence-electron chi connectivity index (χ2n) is 7.56. The Hall–Kier alpha value is -1.06. The summed E-state index contributed by atoms with van der Waals surface area (Å²) in [6.07, 6.45) is 23.9. The molecular formula is C22H44N2O2. The summed E-state index contributed by atoms with van der Waals surface area (Å²) in [6.45, 7) is 6.87. The number of carbonyl (C=O) groups excluding carboxylic acids is 1. The third-order valence-electron chi connectivity index (χ3n) is 4.87. The predicted octanol–water partition coefficient (Wildman–Crippen LogP) is 4.26. The van der Waals surface area contributed by atoms with Gasteiger partial charge in [-0.2, -0.15) is 0 Å². The van der Waals surface area contributed by atoms with Crippen LogP contribution in [0.15, 0.2) is 0 Å². The molecule has 26 heavy (non-hydrogen) atoms. The minimum atomic E-state index is -1.08. The van der Waals surface area contributed by atoms with Crippen molar-refractivity contribution in [1.82, 2.24) is 5.32 Å². The van der Waals surface area contributed by atoms with E-state index in [1.54, 1.807) is 0 Å². The normalized spacial score (nSPS) is 12.9. The minimum Gasteiger partial charge on any atom is -0.550 e. The summed E-state index contributed by atoms with van der Waals surface area (Å²) in [6, 6.07) is 0. The molecule has 0 fully saturated rings. The lowest BCUT2D eigenvalue weighted by Gasteiger charge is -2.03. The molecule has 0 aliphatic carbocycles. The summed E-state index contributed by atoms with van der Waals surface area (Å²) in [5, 5.41) is 12.2. The van der Waals surface area contributed by atoms with Crippen molar-refractivity contribution in [3.63, 3.8) is 0 Å². The number of hydrogen-bond donors (Lipinski definition) is 1. The number of hydrogen-bond acceptors (Lipinski definition) is 3. The van der Waals surface area contributed by atoms with Crippen molar-refractivity contribution in [3.05, 3.63) is 0 Å². The molecule has 0 saturated heterocycles. The molecule has 1 N–H and O–H groups in total. The van der Waals surface area contributed by atoms with E-state index < -0.39 is 5.97 Å². The van der Waals surface area contributed by atoms with E-state index in [0.717, 1.165) is 13.5 Å². The van der Waals surface area contributed by atoms with E-state index in [1.807, 2.05) is 0 Å². The quantitative estimate of drug-likeness (QED) is 0.327. The fraction of sp³-hybridized carbons (Fsp3) is 0.909. The molecular weight excluding hydrogens is 324 g/mol. The molecule has 0 saturated carbocycles. The Morgan fingerprint density at radius 2 is 1.23 bits per heavy atom. The molecule has 0 aromatic carbocycles. The Kier molecular flexibility index (Phi) is 19.4. The highest BCUT2D eigenvalue weighted by molar-refractivity contribution is 5.60. The number of carboxylic acid groups (broad SMARTS) is 1. The summed E-state index contributed by atoms with van der Waals surface area (Å²) >= 11 is 0. The van der Waals surface area contributed by atoms with E-state index in [4.69, 9.17) is 9.90 Å². The van der Waals surface area contributed by atoms with Gasteiger partial charge in [0.25, 0.3) is 0 Å². The van der Waals surface area contributed by atoms with Crippen LogP contribution in [0.3, 0.4) is 0 Å². The van der Waals surface area contributed by atoms with Crippen molar-refractivity contribution in [2.75, 3.05) is 19.6 Å². The number of nitrogens with zero attached hydrogens (tertiary/aromatic N) is 1. The maximum atomic E-state index is 8.89. The first-order chi connectivity index (χ1) is 12.7. The Morgan fingerprint density at radius 3 is 1.58 bits per heavy atom. The summed E-state index contributed by atoms with van der Waals surface area (Å²) in [7, 11) is 0. The topological polar surface area (TPSA) is 55.2 Å². The number of nitrogens with one attached hydrogen (secondary N) is 1. The molecule has 0 aromatic heterocycles. The lowest BCUT2D eigenvalue weighted by molar-refractivity contribution is -0.514. The van der Waals surface area contributed by atoms with Crippen molar-refractivity contribution in [2.24, 2.45) is 0 Å². The molecule has 0 unspecified atom stereocenters. The molecule has 0 spiro atoms. The largest absolute Gasteiger partial charge is 0.550 e. The average Bonchev–Trinajstić information content (AvgIpc) is 3.11. The van der Waals surface area contributed by atoms with Crippen LogP contribution in [0.1, 0.15) is 110 Å². The van der Waals surface area contributed by atoms with Crippen LogP contribution in [0.4, 0.5) is 0 Å². The first-order valence-corrected chi connectivity index (χ1v) is 11.1. The first kappa shape index (κ1) is 24.9. The monoisotopic (exact) mass is 368 g/mol. The zero-order valence-corrected chi connectivity index (χ0v) is 17.6. The molecule has 0 aromatic rings. The van der Waals surface area contributed by atoms with Crippen LogP contribution >= 0.6 is 0 Å². The molecule has 1 aliphatic heterocycles. The Morgan fingerprint density at radius 1 is 0.846 bits per heavy atom. The van der Waals surface area contributed by atoms with E-state index in [9.17, 15) is 0 Å². The molecule has 0 radical (unpaired) electrons. The molecule has 154 valence electrons. The summed E-state index contributed by atoms with van der Waals surface area (Å²) in [5.41, 5.74) is 0. The molecule has 0 atom stereocenters. The summed E-state index contributed by atoms with van der Waals surface area (Å²) in [5.74, 6) is -1.08. The Bertz CT molecular complexity index is 339. The smallest absolute Gasteiger partial charge is 0.232 e. The van der Waals surface area contributed by atoms with Crippen LogP contribution in [0.25, 0.3) is 0 Å². The Labute approximate surface area is 162 Å². The van der Waals surface area contributed by atoms with Gasteiger partial charge in [-0.3, -0.25) is 9.89 Å². The van der Waals surface area contributed by atoms with E-state index in [0.29, 0.717) is 0 Å². The second-order valence-corrected chi connectivity index (χ2v) is 7.56. The van der Waals surface area contributed by atoms with E-state index in [-0.39, 0.29) is 0 Å². The van der Waals surface area contributed by atoms with Crippen LogP contribution < -0.4 is 10.4 Å². The lowest BCUT2D eigenvalue weighted by atomic mass is 10.0. The van der Waals surface area contributed by atoms with Gasteiger partial charge in [-0.25, -0.2) is 0 Å². The first-order valence-electron chi connectivity index (χ1n) is 11.1. The maximum absolute atomic E-state index is 8.89. The van der Waals surface area contributed by atoms with Crippen molar-refractivity contribution >= 4 is 12.3 Å². The van der Waals surface area contributed by atoms with Gasteiger partial charge in [-0.1, -0.05) is 90.4 Å². The number of carboxylic acids is 1. The summed E-state index contributed by atoms with van der Waals surface area (Å²) < 4.78 is 2.42. The van der Waals surface area contributed by atoms with Crippen molar-refractivity contribution in [3.8, 4) is 0 Å². The fourth-order valence-corrected chi connectivity index (χ4v) is 3.33. The van der Waals surface area contributed by atoms with Crippen molar-refractivity contribution < 1.29 is 14.5 Å². The van der Waals surface area contributed by atoms with Gasteiger partial charge in [0.1, 0.15) is 13.1 Å². The lowest BCUT2D eigenvalue weighted by Crippen LogP contribution is -2.16. The highest BCUT2D eigenvalue weighted by Gasteiger charge is 2.06. The second kappa shape index (κ2) is 20.3. The zero-order valence-electron chi connectivity index (χ0n) is 17.6. The standard InChI is InChI=1S/C20H40N2.C2H4O2/c1-2-3-4-5-6-7-8-9-10-11-12-13-14-15-16-18-22-19-17-21-20-22;1-2(3)4/h20H,2-19H2,1H3;1H3,(H,3,4). The predicted molar refractivity (Wildman–Crippen MR) is 110 cm³/mol. The summed E-state index contributed by atoms with van der Waals surface area (Å²) in [4.78, 5) is 8.89. The average molecular weight is 369 g/mol. The van der Waals surface area contributed by atoms with Gasteiger partial charge < -0.3 is 9.90 Å². The molecule has 4 heteroatoms. The van der Waals surface area contributed by atoms with Gasteiger partial charge in [0, 0.05) is 5.97 Å². The van der Waals surface area contributed by atoms with E-state index >= 15 is 0 Å². The van der Waals surface area contributed by atoms with Crippen LogP contribution in [-0.2, 0) is 4.79 Å². The van der Waals surface area contributed by atoms with Crippen molar-refractivity contribution in [1.29, 1.82) is 0 Å². The van der Waals surface area contributed by atoms with Gasteiger partial charge in [-0.05, 0) is 19.8 Å².